The number of nitrogens with zero attached hydrogens (tertiary/aromatic N) is 3. The van der Waals surface area contributed by atoms with Gasteiger partial charge in [-0.05, 0) is 75.6 Å². The second-order valence-corrected chi connectivity index (χ2v) is 11.3. The van der Waals surface area contributed by atoms with Crippen LogP contribution in [0, 0.1) is 6.92 Å². The molecule has 0 aliphatic carbocycles. The molecule has 0 aliphatic rings. The van der Waals surface area contributed by atoms with E-state index in [9.17, 15) is 19.5 Å². The smallest absolute Gasteiger partial charge is 0.412 e. The fraction of sp³-hybridized carbons (Fsp3) is 0.333. The van der Waals surface area contributed by atoms with Gasteiger partial charge in [-0.25, -0.2) is 9.59 Å². The number of benzene rings is 3. The lowest BCUT2D eigenvalue weighted by molar-refractivity contribution is -0.132. The topological polar surface area (TPSA) is 125 Å². The van der Waals surface area contributed by atoms with Crippen LogP contribution in [0.5, 0.6) is 5.75 Å². The molecule has 0 bridgehead atoms. The largest absolute Gasteiger partial charge is 0.497 e. The molecule has 2 N–H and O–H groups in total. The summed E-state index contributed by atoms with van der Waals surface area (Å²) in [4.78, 5) is 46.8. The Kier molecular flexibility index (Phi) is 9.38. The minimum atomic E-state index is -1.14. The Bertz CT molecular complexity index is 1640. The van der Waals surface area contributed by atoms with Crippen LogP contribution in [0.4, 0.5) is 16.5 Å². The van der Waals surface area contributed by atoms with Gasteiger partial charge in [0.15, 0.2) is 0 Å². The van der Waals surface area contributed by atoms with Gasteiger partial charge in [0.2, 0.25) is 5.91 Å². The first-order valence-electron chi connectivity index (χ1n) is 14.1. The summed E-state index contributed by atoms with van der Waals surface area (Å²) in [7, 11) is 1.59. The first-order valence-corrected chi connectivity index (χ1v) is 14.1. The highest BCUT2D eigenvalue weighted by molar-refractivity contribution is 5.95. The predicted octanol–water partition coefficient (Wildman–Crippen LogP) is 5.86. The Morgan fingerprint density at radius 2 is 1.70 bits per heavy atom. The van der Waals surface area contributed by atoms with Gasteiger partial charge in [-0.2, -0.15) is 4.98 Å². The van der Waals surface area contributed by atoms with E-state index in [1.165, 1.54) is 4.90 Å². The van der Waals surface area contributed by atoms with Crippen LogP contribution in [-0.2, 0) is 17.8 Å². The fourth-order valence-electron chi connectivity index (χ4n) is 5.08. The number of fused-ring (bicyclic) bond motifs is 1. The fourth-order valence-corrected chi connectivity index (χ4v) is 5.08. The molecule has 1 atom stereocenters. The van der Waals surface area contributed by atoms with Crippen molar-refractivity contribution in [3.63, 3.8) is 0 Å². The summed E-state index contributed by atoms with van der Waals surface area (Å²) in [6, 6.07) is 19.5. The van der Waals surface area contributed by atoms with Crippen molar-refractivity contribution in [3.05, 3.63) is 93.8 Å². The second-order valence-electron chi connectivity index (χ2n) is 11.3. The van der Waals surface area contributed by atoms with Gasteiger partial charge in [0.25, 0.3) is 6.01 Å². The van der Waals surface area contributed by atoms with Crippen LogP contribution in [0.1, 0.15) is 44.4 Å². The van der Waals surface area contributed by atoms with E-state index in [1.807, 2.05) is 61.5 Å². The van der Waals surface area contributed by atoms with E-state index in [4.69, 9.17) is 9.15 Å². The molecule has 0 saturated heterocycles. The highest BCUT2D eigenvalue weighted by Gasteiger charge is 2.31. The molecular formula is C33H38N4O6. The molecular weight excluding hydrogens is 548 g/mol. The van der Waals surface area contributed by atoms with Crippen LogP contribution in [0.15, 0.2) is 75.9 Å². The van der Waals surface area contributed by atoms with Gasteiger partial charge in [0, 0.05) is 25.0 Å². The molecule has 226 valence electrons. The number of anilines is 2. The summed E-state index contributed by atoms with van der Waals surface area (Å²) in [6.07, 6.45) is -0.837. The highest BCUT2D eigenvalue weighted by Crippen LogP contribution is 2.31. The van der Waals surface area contributed by atoms with Crippen LogP contribution in [0.25, 0.3) is 10.9 Å². The number of aryl methyl sites for hydroxylation is 1. The maximum absolute atomic E-state index is 13.9. The monoisotopic (exact) mass is 586 g/mol. The number of carbonyl (C=O) groups is 2. The number of likely N-dealkylation sites (N-methyl/N-ethyl adjacent to an activating group) is 1. The number of hydrogen-bond acceptors (Lipinski definition) is 7. The maximum Gasteiger partial charge on any atom is 0.412 e. The van der Waals surface area contributed by atoms with Gasteiger partial charge in [0.05, 0.1) is 23.7 Å². The van der Waals surface area contributed by atoms with Crippen LogP contribution in [0.2, 0.25) is 0 Å². The van der Waals surface area contributed by atoms with Crippen molar-refractivity contribution in [2.24, 2.45) is 0 Å². The summed E-state index contributed by atoms with van der Waals surface area (Å²) in [5.74, 6) is 0.518. The molecule has 4 aromatic rings. The van der Waals surface area contributed by atoms with Gasteiger partial charge in [-0.3, -0.25) is 9.69 Å². The summed E-state index contributed by atoms with van der Waals surface area (Å²) in [6.45, 7) is 9.80. The zero-order chi connectivity index (χ0) is 31.3. The molecule has 10 heteroatoms. The molecule has 0 spiro atoms. The predicted molar refractivity (Wildman–Crippen MR) is 167 cm³/mol. The third kappa shape index (κ3) is 7.14. The summed E-state index contributed by atoms with van der Waals surface area (Å²) in [5, 5.41) is 13.1. The number of aromatic nitrogens is 1. The van der Waals surface area contributed by atoms with Crippen molar-refractivity contribution >= 4 is 34.6 Å². The van der Waals surface area contributed by atoms with E-state index in [1.54, 1.807) is 51.8 Å². The summed E-state index contributed by atoms with van der Waals surface area (Å²) in [5.41, 5.74) is 1.57. The molecule has 0 radical (unpaired) electrons. The first kappa shape index (κ1) is 31.1. The minimum Gasteiger partial charge on any atom is -0.497 e. The van der Waals surface area contributed by atoms with Gasteiger partial charge in [-0.1, -0.05) is 42.5 Å². The van der Waals surface area contributed by atoms with Crippen molar-refractivity contribution in [1.29, 1.82) is 0 Å². The SMILES string of the molecule is CCN(Cc1ccccc1)C(=O)C(Cc1ccc(OC)cc1)Nc1nc2ccc(N(C(=O)O)C(C)(C)C)c(C)c2c(=O)o1. The van der Waals surface area contributed by atoms with E-state index in [-0.39, 0.29) is 17.3 Å². The van der Waals surface area contributed by atoms with Crippen molar-refractivity contribution in [1.82, 2.24) is 9.88 Å². The van der Waals surface area contributed by atoms with Crippen LogP contribution >= 0.6 is 0 Å². The lowest BCUT2D eigenvalue weighted by atomic mass is 10.0. The number of nitrogens with one attached hydrogen (secondary N) is 1. The van der Waals surface area contributed by atoms with Crippen LogP contribution < -0.4 is 20.6 Å². The van der Waals surface area contributed by atoms with Crippen molar-refractivity contribution < 1.29 is 23.8 Å². The molecule has 0 saturated carbocycles. The van der Waals surface area contributed by atoms with Crippen molar-refractivity contribution in [3.8, 4) is 5.75 Å². The highest BCUT2D eigenvalue weighted by atomic mass is 16.5. The van der Waals surface area contributed by atoms with E-state index >= 15 is 0 Å². The Balaban J connectivity index is 1.71. The standard InChI is InChI=1S/C33H38N4O6/c1-7-36(20-23-11-9-8-10-12-23)29(38)26(19-22-13-15-24(42-6)16-14-22)35-31-34-25-17-18-27(21(2)28(25)30(39)43-31)37(32(40)41)33(3,4)5/h8-18,26H,7,19-20H2,1-6H3,(H,34,35)(H,40,41). The average Bonchev–Trinajstić information content (AvgIpc) is 2.96. The number of ether oxygens (including phenoxy) is 1. The van der Waals surface area contributed by atoms with E-state index in [0.717, 1.165) is 11.1 Å². The third-order valence-corrected chi connectivity index (χ3v) is 7.24. The van der Waals surface area contributed by atoms with Crippen LogP contribution in [0.3, 0.4) is 0 Å². The molecule has 10 nitrogen and oxygen atoms in total. The van der Waals surface area contributed by atoms with E-state index in [2.05, 4.69) is 10.3 Å². The lowest BCUT2D eigenvalue weighted by Crippen LogP contribution is -2.45. The average molecular weight is 587 g/mol. The Morgan fingerprint density at radius 3 is 2.28 bits per heavy atom. The molecule has 1 unspecified atom stereocenters. The van der Waals surface area contributed by atoms with Gasteiger partial charge >= 0.3 is 11.7 Å². The molecule has 1 heterocycles. The Morgan fingerprint density at radius 1 is 1.02 bits per heavy atom. The molecule has 3 aromatic carbocycles. The van der Waals surface area contributed by atoms with Gasteiger partial charge in [-0.15, -0.1) is 0 Å². The third-order valence-electron chi connectivity index (χ3n) is 7.24. The molecule has 43 heavy (non-hydrogen) atoms. The number of carbonyl (C=O) groups excluding carboxylic acids is 1. The normalized spacial score (nSPS) is 12.0. The van der Waals surface area contributed by atoms with Gasteiger partial charge < -0.3 is 24.5 Å². The first-order chi connectivity index (χ1) is 20.4. The molecule has 0 aliphatic heterocycles. The number of carboxylic acid groups (broad SMARTS) is 1. The molecule has 0 fully saturated rings. The van der Waals surface area contributed by atoms with Gasteiger partial charge in [0.1, 0.15) is 11.8 Å². The molecule has 4 rings (SSSR count). The zero-order valence-corrected chi connectivity index (χ0v) is 25.4. The van der Waals surface area contributed by atoms with Crippen molar-refractivity contribution in [2.75, 3.05) is 23.9 Å². The number of rotatable bonds is 10. The summed E-state index contributed by atoms with van der Waals surface area (Å²) >= 11 is 0. The minimum absolute atomic E-state index is 0.0989. The van der Waals surface area contributed by atoms with E-state index in [0.29, 0.717) is 42.0 Å². The Labute approximate surface area is 250 Å². The summed E-state index contributed by atoms with van der Waals surface area (Å²) < 4.78 is 10.9. The Hall–Kier alpha value is -4.86. The molecule has 2 amide bonds. The second kappa shape index (κ2) is 13.0. The van der Waals surface area contributed by atoms with Crippen molar-refractivity contribution in [2.45, 2.75) is 59.2 Å². The quantitative estimate of drug-likeness (QED) is 0.237. The van der Waals surface area contributed by atoms with Crippen LogP contribution in [-0.4, -0.2) is 52.2 Å². The maximum atomic E-state index is 13.9. The zero-order valence-electron chi connectivity index (χ0n) is 25.4. The number of hydrogen-bond donors (Lipinski definition) is 2. The number of amides is 2. The lowest BCUT2D eigenvalue weighted by Gasteiger charge is -2.34. The van der Waals surface area contributed by atoms with E-state index < -0.39 is 23.3 Å². The molecule has 1 aromatic heterocycles. The number of methoxy groups -OCH3 is 1.